The molecule has 4 aromatic rings. The average Bonchev–Trinajstić information content (AvgIpc) is 3.39. The minimum Gasteiger partial charge on any atom is -0.496 e. The second-order valence-electron chi connectivity index (χ2n) is 5.38. The number of benzene rings is 2. The van der Waals surface area contributed by atoms with E-state index in [4.69, 9.17) is 9.47 Å². The molecule has 8 heteroatoms. The Morgan fingerprint density at radius 2 is 1.92 bits per heavy atom. The second kappa shape index (κ2) is 7.32. The van der Waals surface area contributed by atoms with Crippen LogP contribution < -0.4 is 9.47 Å². The van der Waals surface area contributed by atoms with Gasteiger partial charge >= 0.3 is 0 Å². The number of aromatic nitrogens is 5. The van der Waals surface area contributed by atoms with E-state index in [9.17, 15) is 0 Å². The summed E-state index contributed by atoms with van der Waals surface area (Å²) in [6.45, 7) is 0.399. The lowest BCUT2D eigenvalue weighted by Gasteiger charge is -2.06. The first-order chi connectivity index (χ1) is 12.8. The van der Waals surface area contributed by atoms with Crippen LogP contribution in [-0.2, 0) is 6.61 Å². The number of hydrogen-bond donors (Lipinski definition) is 0. The first-order valence-electron chi connectivity index (χ1n) is 7.87. The minimum atomic E-state index is 0.399. The van der Waals surface area contributed by atoms with E-state index in [0.29, 0.717) is 6.61 Å². The molecule has 0 atom stereocenters. The highest BCUT2D eigenvalue weighted by molar-refractivity contribution is 7.13. The SMILES string of the molecule is COc1ccccc1-c1nc(COc2ccc(-n3cnnn3)cc2)cs1. The van der Waals surface area contributed by atoms with Crippen molar-refractivity contribution in [3.63, 3.8) is 0 Å². The van der Waals surface area contributed by atoms with Crippen LogP contribution in [0.2, 0.25) is 0 Å². The zero-order valence-electron chi connectivity index (χ0n) is 13.9. The van der Waals surface area contributed by atoms with Crippen molar-refractivity contribution in [3.05, 3.63) is 65.9 Å². The van der Waals surface area contributed by atoms with Crippen molar-refractivity contribution in [1.29, 1.82) is 0 Å². The molecule has 0 unspecified atom stereocenters. The molecule has 0 radical (unpaired) electrons. The summed E-state index contributed by atoms with van der Waals surface area (Å²) in [4.78, 5) is 4.65. The van der Waals surface area contributed by atoms with E-state index in [1.54, 1.807) is 29.5 Å². The number of ether oxygens (including phenoxy) is 2. The third-order valence-electron chi connectivity index (χ3n) is 3.73. The Morgan fingerprint density at radius 3 is 2.69 bits per heavy atom. The number of tetrazole rings is 1. The molecule has 4 rings (SSSR count). The number of para-hydroxylation sites is 1. The van der Waals surface area contributed by atoms with Crippen LogP contribution in [0.1, 0.15) is 5.69 Å². The summed E-state index contributed by atoms with van der Waals surface area (Å²) in [5, 5.41) is 14.0. The van der Waals surface area contributed by atoms with Crippen LogP contribution in [0.15, 0.2) is 60.2 Å². The Morgan fingerprint density at radius 1 is 1.08 bits per heavy atom. The molecule has 0 amide bonds. The maximum absolute atomic E-state index is 5.82. The predicted molar refractivity (Wildman–Crippen MR) is 97.6 cm³/mol. The fourth-order valence-corrected chi connectivity index (χ4v) is 3.28. The Bertz CT molecular complexity index is 983. The van der Waals surface area contributed by atoms with Gasteiger partial charge in [0.15, 0.2) is 0 Å². The molecule has 2 aromatic heterocycles. The molecule has 2 aromatic carbocycles. The normalized spacial score (nSPS) is 10.7. The van der Waals surface area contributed by atoms with Gasteiger partial charge in [0.2, 0.25) is 0 Å². The van der Waals surface area contributed by atoms with E-state index in [-0.39, 0.29) is 0 Å². The number of hydrogen-bond acceptors (Lipinski definition) is 7. The van der Waals surface area contributed by atoms with E-state index < -0.39 is 0 Å². The van der Waals surface area contributed by atoms with Crippen molar-refractivity contribution in [1.82, 2.24) is 25.2 Å². The van der Waals surface area contributed by atoms with Crippen molar-refractivity contribution in [2.45, 2.75) is 6.61 Å². The van der Waals surface area contributed by atoms with Gasteiger partial charge in [-0.05, 0) is 46.8 Å². The largest absolute Gasteiger partial charge is 0.496 e. The van der Waals surface area contributed by atoms with Crippen LogP contribution in [0, 0.1) is 0 Å². The highest BCUT2D eigenvalue weighted by atomic mass is 32.1. The zero-order valence-corrected chi connectivity index (χ0v) is 14.8. The molecule has 0 saturated carbocycles. The van der Waals surface area contributed by atoms with Gasteiger partial charge in [0.05, 0.1) is 24.1 Å². The summed E-state index contributed by atoms with van der Waals surface area (Å²) >= 11 is 1.57. The van der Waals surface area contributed by atoms with Gasteiger partial charge in [-0.2, -0.15) is 0 Å². The molecule has 130 valence electrons. The molecule has 0 aliphatic heterocycles. The summed E-state index contributed by atoms with van der Waals surface area (Å²) in [5.74, 6) is 1.57. The lowest BCUT2D eigenvalue weighted by Crippen LogP contribution is -1.98. The molecule has 26 heavy (non-hydrogen) atoms. The lowest BCUT2D eigenvalue weighted by atomic mass is 10.2. The number of methoxy groups -OCH3 is 1. The molecule has 7 nitrogen and oxygen atoms in total. The van der Waals surface area contributed by atoms with Gasteiger partial charge in [-0.15, -0.1) is 16.4 Å². The molecule has 0 fully saturated rings. The first-order valence-corrected chi connectivity index (χ1v) is 8.75. The van der Waals surface area contributed by atoms with E-state index in [0.717, 1.165) is 33.5 Å². The summed E-state index contributed by atoms with van der Waals surface area (Å²) in [6, 6.07) is 15.4. The molecule has 0 spiro atoms. The molecule has 2 heterocycles. The minimum absolute atomic E-state index is 0.399. The fraction of sp³-hybridized carbons (Fsp3) is 0.111. The topological polar surface area (TPSA) is 75.0 Å². The number of nitrogens with zero attached hydrogens (tertiary/aromatic N) is 5. The van der Waals surface area contributed by atoms with Gasteiger partial charge in [0.25, 0.3) is 0 Å². The molecular formula is C18H15N5O2S. The van der Waals surface area contributed by atoms with Gasteiger partial charge in [-0.3, -0.25) is 0 Å². The fourth-order valence-electron chi connectivity index (χ4n) is 2.45. The highest BCUT2D eigenvalue weighted by Crippen LogP contribution is 2.32. The van der Waals surface area contributed by atoms with E-state index in [1.807, 2.05) is 53.9 Å². The van der Waals surface area contributed by atoms with Gasteiger partial charge in [0, 0.05) is 5.38 Å². The maximum Gasteiger partial charge on any atom is 0.143 e. The van der Waals surface area contributed by atoms with Crippen molar-refractivity contribution in [2.75, 3.05) is 7.11 Å². The van der Waals surface area contributed by atoms with Crippen molar-refractivity contribution in [3.8, 4) is 27.8 Å². The van der Waals surface area contributed by atoms with Crippen LogP contribution in [0.5, 0.6) is 11.5 Å². The van der Waals surface area contributed by atoms with Crippen molar-refractivity contribution in [2.24, 2.45) is 0 Å². The van der Waals surface area contributed by atoms with Crippen molar-refractivity contribution >= 4 is 11.3 Å². The van der Waals surface area contributed by atoms with Gasteiger partial charge in [-0.25, -0.2) is 9.67 Å². The summed E-state index contributed by atoms with van der Waals surface area (Å²) in [6.07, 6.45) is 1.55. The van der Waals surface area contributed by atoms with Gasteiger partial charge in [-0.1, -0.05) is 12.1 Å². The summed E-state index contributed by atoms with van der Waals surface area (Å²) < 4.78 is 12.8. The molecule has 0 bridgehead atoms. The molecular weight excluding hydrogens is 350 g/mol. The zero-order chi connectivity index (χ0) is 17.8. The highest BCUT2D eigenvalue weighted by Gasteiger charge is 2.10. The van der Waals surface area contributed by atoms with Gasteiger partial charge < -0.3 is 9.47 Å². The van der Waals surface area contributed by atoms with Crippen LogP contribution in [0.3, 0.4) is 0 Å². The van der Waals surface area contributed by atoms with E-state index in [1.165, 1.54) is 0 Å². The second-order valence-corrected chi connectivity index (χ2v) is 6.24. The standard InChI is InChI=1S/C18H15N5O2S/c1-24-17-5-3-2-4-16(17)18-20-13(11-26-18)10-25-15-8-6-14(7-9-15)23-12-19-21-22-23/h2-9,11-12H,10H2,1H3. The first kappa shape index (κ1) is 16.2. The third-order valence-corrected chi connectivity index (χ3v) is 4.65. The van der Waals surface area contributed by atoms with E-state index in [2.05, 4.69) is 20.5 Å². The Labute approximate surface area is 153 Å². The average molecular weight is 365 g/mol. The van der Waals surface area contributed by atoms with Crippen LogP contribution in [0.4, 0.5) is 0 Å². The quantitative estimate of drug-likeness (QED) is 0.521. The Balaban J connectivity index is 1.43. The molecule has 0 saturated heterocycles. The smallest absolute Gasteiger partial charge is 0.143 e. The lowest BCUT2D eigenvalue weighted by molar-refractivity contribution is 0.302. The predicted octanol–water partition coefficient (Wildman–Crippen LogP) is 3.37. The van der Waals surface area contributed by atoms with Crippen LogP contribution in [0.25, 0.3) is 16.3 Å². The number of rotatable bonds is 6. The van der Waals surface area contributed by atoms with Crippen LogP contribution in [-0.4, -0.2) is 32.3 Å². The van der Waals surface area contributed by atoms with Crippen molar-refractivity contribution < 1.29 is 9.47 Å². The summed E-state index contributed by atoms with van der Waals surface area (Å²) in [7, 11) is 1.66. The Hall–Kier alpha value is -3.26. The maximum atomic E-state index is 5.82. The third kappa shape index (κ3) is 3.40. The Kier molecular flexibility index (Phi) is 4.57. The molecule has 0 aliphatic carbocycles. The van der Waals surface area contributed by atoms with Gasteiger partial charge in [0.1, 0.15) is 29.4 Å². The molecule has 0 N–H and O–H groups in total. The monoisotopic (exact) mass is 365 g/mol. The van der Waals surface area contributed by atoms with Crippen LogP contribution >= 0.6 is 11.3 Å². The summed E-state index contributed by atoms with van der Waals surface area (Å²) in [5.41, 5.74) is 2.73. The van der Waals surface area contributed by atoms with E-state index >= 15 is 0 Å². The molecule has 0 aliphatic rings. The number of thiazole rings is 1.